The van der Waals surface area contributed by atoms with Crippen molar-refractivity contribution in [1.29, 1.82) is 0 Å². The van der Waals surface area contributed by atoms with Crippen LogP contribution < -0.4 is 11.1 Å². The lowest BCUT2D eigenvalue weighted by Crippen LogP contribution is -2.46. The van der Waals surface area contributed by atoms with Crippen molar-refractivity contribution in [3.05, 3.63) is 12.2 Å². The van der Waals surface area contributed by atoms with Crippen molar-refractivity contribution in [2.45, 2.75) is 31.8 Å². The fourth-order valence-electron chi connectivity index (χ4n) is 0.916. The SMILES string of the molecule is CC(N)C(=O)NC(/C=C/CCC(=O)O)C(=O)O. The highest BCUT2D eigenvalue weighted by molar-refractivity contribution is 5.87. The Kier molecular flexibility index (Phi) is 6.57. The van der Waals surface area contributed by atoms with E-state index >= 15 is 0 Å². The Labute approximate surface area is 98.3 Å². The molecule has 0 radical (unpaired) electrons. The van der Waals surface area contributed by atoms with E-state index in [0.29, 0.717) is 0 Å². The number of hydrogen-bond acceptors (Lipinski definition) is 4. The second-order valence-electron chi connectivity index (χ2n) is 3.47. The third-order valence-corrected chi connectivity index (χ3v) is 1.83. The molecular weight excluding hydrogens is 228 g/mol. The molecule has 0 aromatic carbocycles. The summed E-state index contributed by atoms with van der Waals surface area (Å²) in [6.07, 6.45) is 2.73. The van der Waals surface area contributed by atoms with Crippen LogP contribution in [0.1, 0.15) is 19.8 Å². The molecule has 0 aliphatic carbocycles. The zero-order valence-corrected chi connectivity index (χ0v) is 9.42. The molecule has 0 spiro atoms. The van der Waals surface area contributed by atoms with Crippen molar-refractivity contribution in [2.24, 2.45) is 5.73 Å². The molecule has 0 fully saturated rings. The number of aliphatic carboxylic acids is 2. The smallest absolute Gasteiger partial charge is 0.330 e. The molecule has 0 bridgehead atoms. The van der Waals surface area contributed by atoms with Crippen LogP contribution in [-0.2, 0) is 14.4 Å². The van der Waals surface area contributed by atoms with Crippen molar-refractivity contribution in [3.8, 4) is 0 Å². The Balaban J connectivity index is 4.30. The van der Waals surface area contributed by atoms with E-state index in [1.807, 2.05) is 0 Å². The molecular formula is C10H16N2O5. The van der Waals surface area contributed by atoms with Crippen molar-refractivity contribution >= 4 is 17.8 Å². The van der Waals surface area contributed by atoms with Crippen LogP contribution in [0.3, 0.4) is 0 Å². The normalized spacial score (nSPS) is 14.2. The first-order valence-electron chi connectivity index (χ1n) is 5.01. The highest BCUT2D eigenvalue weighted by Crippen LogP contribution is 1.95. The summed E-state index contributed by atoms with van der Waals surface area (Å²) in [4.78, 5) is 32.1. The van der Waals surface area contributed by atoms with Gasteiger partial charge in [-0.2, -0.15) is 0 Å². The van der Waals surface area contributed by atoms with Gasteiger partial charge in [0, 0.05) is 6.42 Å². The Bertz CT molecular complexity index is 325. The predicted octanol–water partition coefficient (Wildman–Crippen LogP) is -0.676. The van der Waals surface area contributed by atoms with Gasteiger partial charge in [-0.25, -0.2) is 4.79 Å². The summed E-state index contributed by atoms with van der Waals surface area (Å²) < 4.78 is 0. The topological polar surface area (TPSA) is 130 Å². The molecule has 0 saturated heterocycles. The van der Waals surface area contributed by atoms with Crippen LogP contribution >= 0.6 is 0 Å². The van der Waals surface area contributed by atoms with E-state index < -0.39 is 29.9 Å². The van der Waals surface area contributed by atoms with Gasteiger partial charge in [0.1, 0.15) is 6.04 Å². The molecule has 0 aromatic heterocycles. The van der Waals surface area contributed by atoms with Gasteiger partial charge in [-0.1, -0.05) is 12.2 Å². The van der Waals surface area contributed by atoms with E-state index in [0.717, 1.165) is 0 Å². The van der Waals surface area contributed by atoms with E-state index in [4.69, 9.17) is 15.9 Å². The van der Waals surface area contributed by atoms with Crippen LogP contribution in [0.25, 0.3) is 0 Å². The summed E-state index contributed by atoms with van der Waals surface area (Å²) in [5.41, 5.74) is 5.27. The zero-order chi connectivity index (χ0) is 13.4. The summed E-state index contributed by atoms with van der Waals surface area (Å²) in [7, 11) is 0. The van der Waals surface area contributed by atoms with Crippen LogP contribution in [0.15, 0.2) is 12.2 Å². The first kappa shape index (κ1) is 15.1. The van der Waals surface area contributed by atoms with Gasteiger partial charge in [0.2, 0.25) is 5.91 Å². The minimum absolute atomic E-state index is 0.0932. The van der Waals surface area contributed by atoms with Crippen LogP contribution in [0.5, 0.6) is 0 Å². The molecule has 0 aromatic rings. The fourth-order valence-corrected chi connectivity index (χ4v) is 0.916. The van der Waals surface area contributed by atoms with E-state index in [2.05, 4.69) is 5.32 Å². The molecule has 5 N–H and O–H groups in total. The minimum atomic E-state index is -1.23. The number of amides is 1. The molecule has 1 amide bonds. The first-order chi connectivity index (χ1) is 7.84. The van der Waals surface area contributed by atoms with Crippen molar-refractivity contribution in [3.63, 3.8) is 0 Å². The van der Waals surface area contributed by atoms with Crippen LogP contribution in [-0.4, -0.2) is 40.1 Å². The predicted molar refractivity (Wildman–Crippen MR) is 59.2 cm³/mol. The van der Waals surface area contributed by atoms with Gasteiger partial charge < -0.3 is 21.3 Å². The molecule has 0 heterocycles. The molecule has 2 atom stereocenters. The van der Waals surface area contributed by atoms with E-state index in [1.54, 1.807) is 0 Å². The fraction of sp³-hybridized carbons (Fsp3) is 0.500. The minimum Gasteiger partial charge on any atom is -0.481 e. The number of nitrogens with one attached hydrogen (secondary N) is 1. The number of carbonyl (C=O) groups excluding carboxylic acids is 1. The van der Waals surface area contributed by atoms with Gasteiger partial charge in [-0.3, -0.25) is 9.59 Å². The number of rotatable bonds is 7. The third kappa shape index (κ3) is 7.07. The first-order valence-corrected chi connectivity index (χ1v) is 5.01. The van der Waals surface area contributed by atoms with Crippen LogP contribution in [0.4, 0.5) is 0 Å². The maximum Gasteiger partial charge on any atom is 0.330 e. The zero-order valence-electron chi connectivity index (χ0n) is 9.42. The quantitative estimate of drug-likeness (QED) is 0.439. The summed E-state index contributed by atoms with van der Waals surface area (Å²) in [5, 5.41) is 19.4. The summed E-state index contributed by atoms with van der Waals surface area (Å²) in [5.74, 6) is -2.79. The summed E-state index contributed by atoms with van der Waals surface area (Å²) >= 11 is 0. The van der Waals surface area contributed by atoms with Gasteiger partial charge in [-0.15, -0.1) is 0 Å². The van der Waals surface area contributed by atoms with Crippen molar-refractivity contribution in [1.82, 2.24) is 5.32 Å². The number of nitrogens with two attached hydrogens (primary N) is 1. The summed E-state index contributed by atoms with van der Waals surface area (Å²) in [6.45, 7) is 1.43. The Morgan fingerprint density at radius 3 is 2.35 bits per heavy atom. The number of carbonyl (C=O) groups is 3. The Hall–Kier alpha value is -1.89. The third-order valence-electron chi connectivity index (χ3n) is 1.83. The lowest BCUT2D eigenvalue weighted by atomic mass is 10.2. The number of allylic oxidation sites excluding steroid dienone is 1. The average Bonchev–Trinajstić information content (AvgIpc) is 2.21. The Morgan fingerprint density at radius 2 is 1.94 bits per heavy atom. The molecule has 96 valence electrons. The van der Waals surface area contributed by atoms with Crippen LogP contribution in [0.2, 0.25) is 0 Å². The van der Waals surface area contributed by atoms with Crippen LogP contribution in [0, 0.1) is 0 Å². The summed E-state index contributed by atoms with van der Waals surface area (Å²) in [6, 6.07) is -1.99. The van der Waals surface area contributed by atoms with Gasteiger partial charge in [0.15, 0.2) is 0 Å². The second kappa shape index (κ2) is 7.39. The number of hydrogen-bond donors (Lipinski definition) is 4. The largest absolute Gasteiger partial charge is 0.481 e. The van der Waals surface area contributed by atoms with E-state index in [9.17, 15) is 14.4 Å². The maximum atomic E-state index is 11.2. The maximum absolute atomic E-state index is 11.2. The highest BCUT2D eigenvalue weighted by Gasteiger charge is 2.18. The lowest BCUT2D eigenvalue weighted by molar-refractivity contribution is -0.140. The molecule has 0 rings (SSSR count). The molecule has 0 saturated carbocycles. The van der Waals surface area contributed by atoms with Gasteiger partial charge >= 0.3 is 11.9 Å². The second-order valence-corrected chi connectivity index (χ2v) is 3.47. The van der Waals surface area contributed by atoms with Crippen molar-refractivity contribution < 1.29 is 24.6 Å². The lowest BCUT2D eigenvalue weighted by Gasteiger charge is -2.12. The number of carboxylic acid groups (broad SMARTS) is 2. The van der Waals surface area contributed by atoms with E-state index in [1.165, 1.54) is 19.1 Å². The number of carboxylic acids is 2. The average molecular weight is 244 g/mol. The molecule has 0 aliphatic rings. The molecule has 7 nitrogen and oxygen atoms in total. The Morgan fingerprint density at radius 1 is 1.35 bits per heavy atom. The van der Waals surface area contributed by atoms with E-state index in [-0.39, 0.29) is 12.8 Å². The van der Waals surface area contributed by atoms with Gasteiger partial charge in [0.25, 0.3) is 0 Å². The molecule has 17 heavy (non-hydrogen) atoms. The van der Waals surface area contributed by atoms with Gasteiger partial charge in [0.05, 0.1) is 6.04 Å². The standard InChI is InChI=1S/C10H16N2O5/c1-6(11)9(15)12-7(10(16)17)4-2-3-5-8(13)14/h2,4,6-7H,3,5,11H2,1H3,(H,12,15)(H,13,14)(H,16,17)/b4-2+. The molecule has 2 unspecified atom stereocenters. The van der Waals surface area contributed by atoms with Gasteiger partial charge in [-0.05, 0) is 13.3 Å². The monoisotopic (exact) mass is 244 g/mol. The molecule has 7 heteroatoms. The van der Waals surface area contributed by atoms with Crippen molar-refractivity contribution in [2.75, 3.05) is 0 Å². The molecule has 0 aliphatic heterocycles. The highest BCUT2D eigenvalue weighted by atomic mass is 16.4.